The molecule has 0 amide bonds. The zero-order valence-corrected chi connectivity index (χ0v) is 9.02. The van der Waals surface area contributed by atoms with Crippen molar-refractivity contribution in [3.63, 3.8) is 0 Å². The predicted octanol–water partition coefficient (Wildman–Crippen LogP) is 0.939. The first-order chi connectivity index (χ1) is 5.99. The largest absolute Gasteiger partial charge is 0.327 e. The Morgan fingerprint density at radius 2 is 2.08 bits per heavy atom. The quantitative estimate of drug-likeness (QED) is 0.743. The van der Waals surface area contributed by atoms with Gasteiger partial charge in [0.05, 0.1) is 0 Å². The van der Waals surface area contributed by atoms with Gasteiger partial charge in [-0.1, -0.05) is 6.42 Å². The van der Waals surface area contributed by atoms with E-state index in [1.54, 1.807) is 0 Å². The van der Waals surface area contributed by atoms with Crippen molar-refractivity contribution >= 4 is 9.84 Å². The monoisotopic (exact) mass is 205 g/mol. The Morgan fingerprint density at radius 1 is 1.38 bits per heavy atom. The van der Waals surface area contributed by atoms with E-state index in [0.29, 0.717) is 17.7 Å². The standard InChI is InChI=1S/C9H19NO2S/c1-13(11,12)7-3-5-8-4-2-6-9(8)10/h8-9H,2-7,10H2,1H3. The smallest absolute Gasteiger partial charge is 0.147 e. The van der Waals surface area contributed by atoms with Crippen molar-refractivity contribution in [2.45, 2.75) is 38.1 Å². The minimum atomic E-state index is -2.77. The van der Waals surface area contributed by atoms with E-state index in [1.165, 1.54) is 19.1 Å². The summed E-state index contributed by atoms with van der Waals surface area (Å²) in [6.07, 6.45) is 6.56. The highest BCUT2D eigenvalue weighted by Crippen LogP contribution is 2.27. The van der Waals surface area contributed by atoms with Crippen molar-refractivity contribution in [2.24, 2.45) is 11.7 Å². The Labute approximate surface area is 80.6 Å². The van der Waals surface area contributed by atoms with Crippen LogP contribution in [0.3, 0.4) is 0 Å². The highest BCUT2D eigenvalue weighted by molar-refractivity contribution is 7.90. The van der Waals surface area contributed by atoms with Gasteiger partial charge in [0, 0.05) is 18.1 Å². The van der Waals surface area contributed by atoms with Gasteiger partial charge in [-0.25, -0.2) is 8.42 Å². The average Bonchev–Trinajstić information content (AvgIpc) is 2.34. The van der Waals surface area contributed by atoms with E-state index in [2.05, 4.69) is 0 Å². The highest BCUT2D eigenvalue weighted by Gasteiger charge is 2.23. The molecule has 1 aliphatic rings. The third-order valence-corrected chi connectivity index (χ3v) is 3.84. The van der Waals surface area contributed by atoms with E-state index >= 15 is 0 Å². The van der Waals surface area contributed by atoms with Gasteiger partial charge in [-0.3, -0.25) is 0 Å². The molecule has 0 saturated heterocycles. The molecular weight excluding hydrogens is 186 g/mol. The molecule has 0 radical (unpaired) electrons. The number of rotatable bonds is 4. The molecule has 2 N–H and O–H groups in total. The minimum Gasteiger partial charge on any atom is -0.327 e. The summed E-state index contributed by atoms with van der Waals surface area (Å²) in [5.41, 5.74) is 5.88. The molecule has 4 heteroatoms. The molecule has 3 nitrogen and oxygen atoms in total. The summed E-state index contributed by atoms with van der Waals surface area (Å²) in [7, 11) is -2.77. The van der Waals surface area contributed by atoms with Gasteiger partial charge < -0.3 is 5.73 Å². The third kappa shape index (κ3) is 4.09. The van der Waals surface area contributed by atoms with E-state index in [4.69, 9.17) is 5.73 Å². The van der Waals surface area contributed by atoms with Crippen LogP contribution >= 0.6 is 0 Å². The molecule has 1 saturated carbocycles. The van der Waals surface area contributed by atoms with Crippen molar-refractivity contribution < 1.29 is 8.42 Å². The molecule has 1 rings (SSSR count). The summed E-state index contributed by atoms with van der Waals surface area (Å²) in [4.78, 5) is 0. The molecule has 0 aliphatic heterocycles. The Hall–Kier alpha value is -0.0900. The van der Waals surface area contributed by atoms with Crippen LogP contribution in [-0.2, 0) is 9.84 Å². The maximum absolute atomic E-state index is 10.9. The van der Waals surface area contributed by atoms with E-state index in [0.717, 1.165) is 19.3 Å². The van der Waals surface area contributed by atoms with Crippen LogP contribution in [-0.4, -0.2) is 26.5 Å². The molecule has 0 spiro atoms. The molecule has 0 heterocycles. The lowest BCUT2D eigenvalue weighted by Crippen LogP contribution is -2.24. The molecule has 0 bridgehead atoms. The van der Waals surface area contributed by atoms with E-state index in [-0.39, 0.29) is 0 Å². The van der Waals surface area contributed by atoms with Gasteiger partial charge in [-0.05, 0) is 31.6 Å². The van der Waals surface area contributed by atoms with Crippen LogP contribution in [0.2, 0.25) is 0 Å². The molecule has 78 valence electrons. The van der Waals surface area contributed by atoms with Crippen LogP contribution in [0.1, 0.15) is 32.1 Å². The molecule has 0 aromatic rings. The summed E-state index contributed by atoms with van der Waals surface area (Å²) < 4.78 is 21.7. The van der Waals surface area contributed by atoms with Crippen molar-refractivity contribution in [3.05, 3.63) is 0 Å². The SMILES string of the molecule is CS(=O)(=O)CCCC1CCCC1N. The predicted molar refractivity (Wildman–Crippen MR) is 54.3 cm³/mol. The Bertz CT molecular complexity index is 248. The Morgan fingerprint density at radius 3 is 2.54 bits per heavy atom. The molecule has 0 aromatic carbocycles. The second kappa shape index (κ2) is 4.42. The number of hydrogen-bond acceptors (Lipinski definition) is 3. The lowest BCUT2D eigenvalue weighted by Gasteiger charge is -2.14. The maximum Gasteiger partial charge on any atom is 0.147 e. The second-order valence-electron chi connectivity index (χ2n) is 4.13. The first-order valence-corrected chi connectivity index (χ1v) is 6.98. The lowest BCUT2D eigenvalue weighted by atomic mass is 9.99. The molecule has 2 unspecified atom stereocenters. The van der Waals surface area contributed by atoms with Crippen LogP contribution in [0.4, 0.5) is 0 Å². The van der Waals surface area contributed by atoms with Crippen LogP contribution in [0, 0.1) is 5.92 Å². The van der Waals surface area contributed by atoms with Crippen LogP contribution < -0.4 is 5.73 Å². The zero-order valence-electron chi connectivity index (χ0n) is 8.20. The molecule has 13 heavy (non-hydrogen) atoms. The van der Waals surface area contributed by atoms with Gasteiger partial charge in [0.1, 0.15) is 9.84 Å². The first-order valence-electron chi connectivity index (χ1n) is 4.92. The zero-order chi connectivity index (χ0) is 9.90. The molecular formula is C9H19NO2S. The summed E-state index contributed by atoms with van der Waals surface area (Å²) in [6, 6.07) is 0.319. The second-order valence-corrected chi connectivity index (χ2v) is 6.39. The Kier molecular flexibility index (Phi) is 3.74. The summed E-state index contributed by atoms with van der Waals surface area (Å²) in [6.45, 7) is 0. The lowest BCUT2D eigenvalue weighted by molar-refractivity contribution is 0.441. The summed E-state index contributed by atoms with van der Waals surface area (Å²) >= 11 is 0. The summed E-state index contributed by atoms with van der Waals surface area (Å²) in [5, 5.41) is 0. The normalized spacial score (nSPS) is 29.4. The van der Waals surface area contributed by atoms with Gasteiger partial charge in [0.15, 0.2) is 0 Å². The fourth-order valence-corrected chi connectivity index (χ4v) is 2.72. The topological polar surface area (TPSA) is 60.2 Å². The molecule has 2 atom stereocenters. The van der Waals surface area contributed by atoms with Gasteiger partial charge in [-0.2, -0.15) is 0 Å². The number of hydrogen-bond donors (Lipinski definition) is 1. The van der Waals surface area contributed by atoms with Crippen LogP contribution in [0.5, 0.6) is 0 Å². The van der Waals surface area contributed by atoms with Crippen LogP contribution in [0.15, 0.2) is 0 Å². The van der Waals surface area contributed by atoms with Crippen molar-refractivity contribution in [1.82, 2.24) is 0 Å². The van der Waals surface area contributed by atoms with Crippen molar-refractivity contribution in [2.75, 3.05) is 12.0 Å². The van der Waals surface area contributed by atoms with E-state index in [1.807, 2.05) is 0 Å². The Balaban J connectivity index is 2.19. The highest BCUT2D eigenvalue weighted by atomic mass is 32.2. The van der Waals surface area contributed by atoms with E-state index < -0.39 is 9.84 Å². The minimum absolute atomic E-state index is 0.316. The fraction of sp³-hybridized carbons (Fsp3) is 1.00. The van der Waals surface area contributed by atoms with Crippen molar-refractivity contribution in [1.29, 1.82) is 0 Å². The van der Waals surface area contributed by atoms with Crippen molar-refractivity contribution in [3.8, 4) is 0 Å². The van der Waals surface area contributed by atoms with Gasteiger partial charge in [0.2, 0.25) is 0 Å². The third-order valence-electron chi connectivity index (χ3n) is 2.81. The van der Waals surface area contributed by atoms with Gasteiger partial charge in [-0.15, -0.1) is 0 Å². The fourth-order valence-electron chi connectivity index (χ4n) is 2.03. The average molecular weight is 205 g/mol. The number of sulfone groups is 1. The maximum atomic E-state index is 10.9. The first kappa shape index (κ1) is 11.0. The van der Waals surface area contributed by atoms with Crippen LogP contribution in [0.25, 0.3) is 0 Å². The number of nitrogens with two attached hydrogens (primary N) is 1. The molecule has 1 fully saturated rings. The van der Waals surface area contributed by atoms with E-state index in [9.17, 15) is 8.42 Å². The van der Waals surface area contributed by atoms with Gasteiger partial charge in [0.25, 0.3) is 0 Å². The van der Waals surface area contributed by atoms with Gasteiger partial charge >= 0.3 is 0 Å². The molecule has 0 aromatic heterocycles. The molecule has 1 aliphatic carbocycles. The summed E-state index contributed by atoms with van der Waals surface area (Å²) in [5.74, 6) is 0.887.